The monoisotopic (exact) mass is 1130 g/mol. The Morgan fingerprint density at radius 1 is 0.750 bits per heavy atom. The Bertz CT molecular complexity index is 3420. The summed E-state index contributed by atoms with van der Waals surface area (Å²) in [6.07, 6.45) is 18.9. The maximum Gasteiger partial charge on any atom is 0.331 e. The highest BCUT2D eigenvalue weighted by molar-refractivity contribution is 5.93. The molecular formula is C77H90O7. The molecule has 7 heteroatoms. The topological polar surface area (TPSA) is 113 Å². The molecule has 3 aliphatic heterocycles. The van der Waals surface area contributed by atoms with Crippen molar-refractivity contribution >= 4 is 22.7 Å². The van der Waals surface area contributed by atoms with Gasteiger partial charge in [-0.1, -0.05) is 155 Å². The van der Waals surface area contributed by atoms with Crippen LogP contribution in [-0.2, 0) is 30.9 Å². The molecule has 2 spiro atoms. The summed E-state index contributed by atoms with van der Waals surface area (Å²) >= 11 is 0. The van der Waals surface area contributed by atoms with Gasteiger partial charge >= 0.3 is 11.9 Å². The highest BCUT2D eigenvalue weighted by Gasteiger charge is 2.79. The number of ether oxygens (including phenoxy) is 2. The van der Waals surface area contributed by atoms with Crippen LogP contribution in [0.4, 0.5) is 0 Å². The van der Waals surface area contributed by atoms with Crippen LogP contribution in [-0.4, -0.2) is 57.8 Å². The van der Waals surface area contributed by atoms with Crippen LogP contribution in [0.3, 0.4) is 0 Å². The molecule has 0 aromatic heterocycles. The first-order valence-electron chi connectivity index (χ1n) is 33.5. The molecule has 6 saturated carbocycles. The summed E-state index contributed by atoms with van der Waals surface area (Å²) in [6, 6.07) is 34.6. The van der Waals surface area contributed by atoms with Gasteiger partial charge in [0.2, 0.25) is 0 Å². The minimum atomic E-state index is -1.82. The van der Waals surface area contributed by atoms with Gasteiger partial charge in [-0.15, -0.1) is 5.92 Å². The fourth-order valence-electron chi connectivity index (χ4n) is 23.0. The van der Waals surface area contributed by atoms with Gasteiger partial charge in [0.1, 0.15) is 12.7 Å². The second-order valence-corrected chi connectivity index (χ2v) is 30.3. The van der Waals surface area contributed by atoms with Crippen molar-refractivity contribution < 1.29 is 34.4 Å². The maximum absolute atomic E-state index is 16.0. The third-order valence-corrected chi connectivity index (χ3v) is 26.7. The van der Waals surface area contributed by atoms with Crippen molar-refractivity contribution in [1.29, 1.82) is 0 Å². The van der Waals surface area contributed by atoms with Gasteiger partial charge in [0.25, 0.3) is 0 Å². The standard InChI is InChI=1S/C77H90O7/c1-49(17-14-20-50-18-6-4-7-19-50)43-53-27-29-56-24-10-12-36-73(56)38-16-35-71(2)47-62(84-70(73)81)68-72(3,39-34-63(78)77(68,69(53)80)76(71,82)42-31-51-44-64(79)83-48-51)57-33-41-74-40-32-54-46-75(55-22-8-5-9-23-55)37-13-11-26-60(75)59-30-28-52-21-15-25-58(61(74)45-57)65(52)66(59)67(54)74/h4-9,15,18-19,21-23,25,28,30,44,49,53-54,56-57,60-63,67-69,78,80,82H,10-14,17,20,24,26,31-34,36-43,45-48H2,1-3H3/t49-,53-,54-,56-,57+,60-,61+,62-,63-,67-,68+,69+,71+,72+,73+,74+,75+,76-,77+/m1/s1. The number of fused-ring (bicyclic) bond motifs is 5. The molecule has 4 aromatic carbocycles. The molecule has 440 valence electrons. The van der Waals surface area contributed by atoms with E-state index in [1.807, 2.05) is 6.92 Å². The lowest BCUT2D eigenvalue weighted by Gasteiger charge is -2.72. The van der Waals surface area contributed by atoms with Crippen LogP contribution in [0.25, 0.3) is 10.8 Å². The van der Waals surface area contributed by atoms with Crippen LogP contribution in [0, 0.1) is 86.3 Å². The molecule has 8 aliphatic carbocycles. The van der Waals surface area contributed by atoms with Crippen molar-refractivity contribution in [1.82, 2.24) is 0 Å². The van der Waals surface area contributed by atoms with Gasteiger partial charge in [0.05, 0.1) is 34.1 Å². The van der Waals surface area contributed by atoms with Gasteiger partial charge in [-0.2, -0.15) is 0 Å². The lowest BCUT2D eigenvalue weighted by atomic mass is 9.34. The lowest BCUT2D eigenvalue weighted by molar-refractivity contribution is -0.343. The fourth-order valence-corrected chi connectivity index (χ4v) is 23.0. The molecule has 0 unspecified atom stereocenters. The zero-order valence-electron chi connectivity index (χ0n) is 50.3. The van der Waals surface area contributed by atoms with Crippen LogP contribution in [0.1, 0.15) is 214 Å². The van der Waals surface area contributed by atoms with Gasteiger partial charge < -0.3 is 24.8 Å². The van der Waals surface area contributed by atoms with Crippen molar-refractivity contribution in [3.8, 4) is 23.7 Å². The van der Waals surface area contributed by atoms with Crippen LogP contribution in [0.5, 0.6) is 0 Å². The average molecular weight is 1130 g/mol. The molecule has 3 heterocycles. The molecule has 15 rings (SSSR count). The number of aliphatic hydroxyl groups excluding tert-OH is 2. The highest BCUT2D eigenvalue weighted by atomic mass is 16.5. The molecule has 4 bridgehead atoms. The summed E-state index contributed by atoms with van der Waals surface area (Å²) in [5.74, 6) is 14.9. The van der Waals surface area contributed by atoms with Crippen molar-refractivity contribution in [2.75, 3.05) is 6.61 Å². The molecule has 6 fully saturated rings. The Balaban J connectivity index is 0.887. The van der Waals surface area contributed by atoms with Crippen molar-refractivity contribution in [3.63, 3.8) is 0 Å². The number of hydrogen-bond acceptors (Lipinski definition) is 7. The van der Waals surface area contributed by atoms with Gasteiger partial charge in [-0.25, -0.2) is 4.79 Å². The van der Waals surface area contributed by atoms with E-state index in [1.54, 1.807) is 22.8 Å². The van der Waals surface area contributed by atoms with Crippen LogP contribution in [0.2, 0.25) is 0 Å². The minimum absolute atomic E-state index is 0.0874. The summed E-state index contributed by atoms with van der Waals surface area (Å²) in [7, 11) is 0. The molecule has 3 N–H and O–H groups in total. The average Bonchev–Trinajstić information content (AvgIpc) is 0.967. The normalized spacial score (nSPS) is 42.5. The molecule has 7 nitrogen and oxygen atoms in total. The predicted molar refractivity (Wildman–Crippen MR) is 328 cm³/mol. The van der Waals surface area contributed by atoms with E-state index < -0.39 is 57.4 Å². The summed E-state index contributed by atoms with van der Waals surface area (Å²) in [5, 5.41) is 46.4. The number of aliphatic hydroxyl groups is 3. The molecule has 0 radical (unpaired) electrons. The van der Waals surface area contributed by atoms with Gasteiger partial charge in [-0.05, 0) is 207 Å². The van der Waals surface area contributed by atoms with Crippen molar-refractivity contribution in [2.45, 2.75) is 222 Å². The Morgan fingerprint density at radius 2 is 1.54 bits per heavy atom. The number of rotatable bonds is 11. The van der Waals surface area contributed by atoms with Crippen LogP contribution < -0.4 is 0 Å². The third kappa shape index (κ3) is 7.94. The number of carbonyl (C=O) groups excluding carboxylic acids is 2. The quantitative estimate of drug-likeness (QED) is 0.101. The SMILES string of the molecule is C[C@H](CCCc1ccccc1)C[C@H]1C#C[C@H]2CCCC[C@]23CC#C[C@@]2(C)C[C@@H](OC3=O)[C@H]3[C@](C)([C@H]4CC[C@]56CC[C@@H]7C[C@]8(c9ccccc9)CCCC[C@@H]8c8ccc9cccc(c9c8[C@@H]75)[C@@H]6C4)CC[C@@H](O)[C@]3([C@H]1O)[C@@]2(O)CCC1=CC(=O)OC1. The summed E-state index contributed by atoms with van der Waals surface area (Å²) in [4.78, 5) is 28.7. The number of aryl methyl sites for hydroxylation is 1. The van der Waals surface area contributed by atoms with Gasteiger partial charge in [0.15, 0.2) is 0 Å². The maximum atomic E-state index is 16.0. The second kappa shape index (κ2) is 20.5. The second-order valence-electron chi connectivity index (χ2n) is 30.3. The van der Waals surface area contributed by atoms with E-state index in [1.165, 1.54) is 66.8 Å². The van der Waals surface area contributed by atoms with E-state index in [0.717, 1.165) is 63.4 Å². The molecule has 0 amide bonds. The number of hydrogen-bond donors (Lipinski definition) is 3. The number of carbonyl (C=O) groups is 2. The van der Waals surface area contributed by atoms with E-state index >= 15 is 9.90 Å². The Kier molecular flexibility index (Phi) is 13.5. The first kappa shape index (κ1) is 55.4. The molecule has 0 saturated heterocycles. The number of benzene rings is 4. The number of cyclic esters (lactones) is 1. The molecular weight excluding hydrogens is 1040 g/mol. The first-order chi connectivity index (χ1) is 40.7. The van der Waals surface area contributed by atoms with Crippen LogP contribution >= 0.6 is 0 Å². The largest absolute Gasteiger partial charge is 0.461 e. The Labute approximate surface area is 499 Å². The Hall–Kier alpha value is -5.18. The van der Waals surface area contributed by atoms with E-state index in [0.29, 0.717) is 55.8 Å². The summed E-state index contributed by atoms with van der Waals surface area (Å²) in [6.45, 7) is 6.93. The Morgan fingerprint density at radius 3 is 2.35 bits per heavy atom. The molecule has 84 heavy (non-hydrogen) atoms. The predicted octanol–water partition coefficient (Wildman–Crippen LogP) is 14.9. The van der Waals surface area contributed by atoms with Gasteiger partial charge in [-0.3, -0.25) is 4.79 Å². The highest BCUT2D eigenvalue weighted by Crippen LogP contribution is 2.78. The first-order valence-corrected chi connectivity index (χ1v) is 33.5. The lowest BCUT2D eigenvalue weighted by Crippen LogP contribution is -2.80. The van der Waals surface area contributed by atoms with E-state index in [-0.39, 0.29) is 66.4 Å². The van der Waals surface area contributed by atoms with E-state index in [9.17, 15) is 15.0 Å². The molecule has 19 atom stereocenters. The zero-order chi connectivity index (χ0) is 57.4. The third-order valence-electron chi connectivity index (χ3n) is 26.7. The molecule has 4 aromatic rings. The number of esters is 2. The molecule has 11 aliphatic rings. The summed E-state index contributed by atoms with van der Waals surface area (Å²) in [5.41, 5.74) is 2.45. The van der Waals surface area contributed by atoms with E-state index in [2.05, 4.69) is 129 Å². The minimum Gasteiger partial charge on any atom is -0.461 e. The zero-order valence-corrected chi connectivity index (χ0v) is 50.3. The van der Waals surface area contributed by atoms with E-state index in [4.69, 9.17) is 9.47 Å². The van der Waals surface area contributed by atoms with Gasteiger partial charge in [0, 0.05) is 42.1 Å². The van der Waals surface area contributed by atoms with Crippen LogP contribution in [0.15, 0.2) is 103 Å². The smallest absolute Gasteiger partial charge is 0.331 e. The fraction of sp³-hybridized carbons (Fsp3) is 0.610. The summed E-state index contributed by atoms with van der Waals surface area (Å²) < 4.78 is 13.0. The van der Waals surface area contributed by atoms with Crippen molar-refractivity contribution in [3.05, 3.63) is 130 Å². The van der Waals surface area contributed by atoms with Crippen molar-refractivity contribution in [2.24, 2.45) is 62.6 Å².